The van der Waals surface area contributed by atoms with Crippen LogP contribution < -0.4 is 5.32 Å². The highest BCUT2D eigenvalue weighted by molar-refractivity contribution is 6.74. The summed E-state index contributed by atoms with van der Waals surface area (Å²) in [6, 6.07) is 0. The second kappa shape index (κ2) is 15.5. The number of carbonyl (C=O) groups excluding carboxylic acids is 1. The summed E-state index contributed by atoms with van der Waals surface area (Å²) in [5.41, 5.74) is 0. The highest BCUT2D eigenvalue weighted by Gasteiger charge is 2.44. The molecule has 1 N–H and O–H groups in total. The molecule has 1 rings (SSSR count). The van der Waals surface area contributed by atoms with Crippen molar-refractivity contribution in [2.45, 2.75) is 136 Å². The fourth-order valence-corrected chi connectivity index (χ4v) is 6.09. The first-order valence-electron chi connectivity index (χ1n) is 13.7. The second-order valence-electron chi connectivity index (χ2n) is 11.4. The zero-order valence-electron chi connectivity index (χ0n) is 22.6. The molecule has 0 aromatic rings. The van der Waals surface area contributed by atoms with Gasteiger partial charge < -0.3 is 14.5 Å². The zero-order valence-corrected chi connectivity index (χ0v) is 23.6. The predicted molar refractivity (Wildman–Crippen MR) is 140 cm³/mol. The van der Waals surface area contributed by atoms with Crippen molar-refractivity contribution >= 4 is 14.3 Å². The van der Waals surface area contributed by atoms with Crippen LogP contribution in [-0.2, 0) is 14.0 Å². The van der Waals surface area contributed by atoms with E-state index in [4.69, 9.17) is 9.16 Å². The van der Waals surface area contributed by atoms with Crippen molar-refractivity contribution in [2.75, 3.05) is 19.7 Å². The normalized spacial score (nSPS) is 21.8. The molecule has 0 amide bonds. The molecular formula is C27H55NO3Si. The summed E-state index contributed by atoms with van der Waals surface area (Å²) in [7, 11) is -1.75. The fraction of sp³-hybridized carbons (Fsp3) is 0.963. The van der Waals surface area contributed by atoms with E-state index >= 15 is 0 Å². The highest BCUT2D eigenvalue weighted by atomic mass is 28.4. The number of hydrogen-bond donors (Lipinski definition) is 1. The van der Waals surface area contributed by atoms with Gasteiger partial charge in [0, 0.05) is 12.5 Å². The lowest BCUT2D eigenvalue weighted by Crippen LogP contribution is -2.45. The Morgan fingerprint density at radius 2 is 1.66 bits per heavy atom. The van der Waals surface area contributed by atoms with E-state index in [1.807, 2.05) is 6.92 Å². The molecule has 0 bridgehead atoms. The highest BCUT2D eigenvalue weighted by Crippen LogP contribution is 2.43. The van der Waals surface area contributed by atoms with Crippen molar-refractivity contribution in [3.05, 3.63) is 0 Å². The number of ether oxygens (including phenoxy) is 1. The first kappa shape index (κ1) is 29.6. The van der Waals surface area contributed by atoms with Gasteiger partial charge in [0.2, 0.25) is 0 Å². The van der Waals surface area contributed by atoms with Gasteiger partial charge in [0.05, 0.1) is 6.61 Å². The maximum absolute atomic E-state index is 11.5. The molecule has 0 spiro atoms. The Bertz CT molecular complexity index is 504. The molecule has 0 aliphatic heterocycles. The Morgan fingerprint density at radius 1 is 0.969 bits per heavy atom. The van der Waals surface area contributed by atoms with Gasteiger partial charge in [0.15, 0.2) is 8.32 Å². The van der Waals surface area contributed by atoms with Crippen LogP contribution >= 0.6 is 0 Å². The van der Waals surface area contributed by atoms with Crippen LogP contribution in [0.2, 0.25) is 18.1 Å². The van der Waals surface area contributed by atoms with E-state index in [9.17, 15) is 4.79 Å². The third kappa shape index (κ3) is 11.2. The summed E-state index contributed by atoms with van der Waals surface area (Å²) < 4.78 is 12.0. The topological polar surface area (TPSA) is 47.6 Å². The average Bonchev–Trinajstić information content (AvgIpc) is 3.07. The third-order valence-electron chi connectivity index (χ3n) is 7.74. The largest absolute Gasteiger partial charge is 0.466 e. The predicted octanol–water partition coefficient (Wildman–Crippen LogP) is 7.48. The van der Waals surface area contributed by atoms with Gasteiger partial charge in [0.25, 0.3) is 0 Å². The van der Waals surface area contributed by atoms with Crippen molar-refractivity contribution in [2.24, 2.45) is 11.8 Å². The maximum atomic E-state index is 11.5. The Morgan fingerprint density at radius 3 is 2.31 bits per heavy atom. The molecule has 0 radical (unpaired) electrons. The summed E-state index contributed by atoms with van der Waals surface area (Å²) in [6.45, 7) is 18.8. The van der Waals surface area contributed by atoms with Gasteiger partial charge in [0.1, 0.15) is 0 Å². The number of carbonyl (C=O) groups is 1. The molecule has 3 atom stereocenters. The van der Waals surface area contributed by atoms with E-state index < -0.39 is 8.32 Å². The Kier molecular flexibility index (Phi) is 14.4. The maximum Gasteiger partial charge on any atom is 0.305 e. The van der Waals surface area contributed by atoms with E-state index in [2.05, 4.69) is 46.1 Å². The van der Waals surface area contributed by atoms with Gasteiger partial charge in [-0.3, -0.25) is 4.79 Å². The molecule has 5 heteroatoms. The SMILES string of the molecule is CCCCCCNC[C@@H]1CC[C@@H](O[Si](C)(C)C(C)(C)C)[C@@H]1CCCCCCC(=O)OCC. The Labute approximate surface area is 201 Å². The van der Waals surface area contributed by atoms with Crippen LogP contribution in [0.4, 0.5) is 0 Å². The monoisotopic (exact) mass is 469 g/mol. The number of hydrogen-bond acceptors (Lipinski definition) is 4. The van der Waals surface area contributed by atoms with Crippen molar-refractivity contribution in [3.8, 4) is 0 Å². The van der Waals surface area contributed by atoms with E-state index in [0.717, 1.165) is 31.8 Å². The number of esters is 1. The molecule has 1 aliphatic rings. The van der Waals surface area contributed by atoms with Gasteiger partial charge in [-0.25, -0.2) is 0 Å². The first-order valence-corrected chi connectivity index (χ1v) is 16.6. The van der Waals surface area contributed by atoms with Gasteiger partial charge in [-0.2, -0.15) is 0 Å². The van der Waals surface area contributed by atoms with Crippen LogP contribution in [-0.4, -0.2) is 40.1 Å². The minimum absolute atomic E-state index is 0.0452. The van der Waals surface area contributed by atoms with Crippen molar-refractivity contribution in [1.29, 1.82) is 0 Å². The van der Waals surface area contributed by atoms with E-state index in [0.29, 0.717) is 25.0 Å². The summed E-state index contributed by atoms with van der Waals surface area (Å²) in [4.78, 5) is 11.5. The second-order valence-corrected chi connectivity index (χ2v) is 16.2. The van der Waals surface area contributed by atoms with Crippen molar-refractivity contribution in [3.63, 3.8) is 0 Å². The molecule has 190 valence electrons. The minimum atomic E-state index is -1.75. The fourth-order valence-electron chi connectivity index (χ4n) is 4.69. The Hall–Kier alpha value is -0.393. The van der Waals surface area contributed by atoms with Crippen LogP contribution in [0.25, 0.3) is 0 Å². The molecular weight excluding hydrogens is 414 g/mol. The molecule has 0 aromatic carbocycles. The van der Waals surface area contributed by atoms with Gasteiger partial charge in [-0.1, -0.05) is 66.2 Å². The summed E-state index contributed by atoms with van der Waals surface area (Å²) in [6.07, 6.45) is 14.6. The smallest absolute Gasteiger partial charge is 0.305 e. The third-order valence-corrected chi connectivity index (χ3v) is 12.2. The van der Waals surface area contributed by atoms with Gasteiger partial charge in [-0.15, -0.1) is 0 Å². The van der Waals surface area contributed by atoms with Crippen LogP contribution in [0.5, 0.6) is 0 Å². The lowest BCUT2D eigenvalue weighted by atomic mass is 9.89. The van der Waals surface area contributed by atoms with Crippen LogP contribution in [0.1, 0.15) is 112 Å². The van der Waals surface area contributed by atoms with E-state index in [1.165, 1.54) is 57.8 Å². The summed E-state index contributed by atoms with van der Waals surface area (Å²) >= 11 is 0. The standard InChI is InChI=1S/C27H55NO3Si/c1-8-10-11-16-21-28-22-23-19-20-25(31-32(6,7)27(3,4)5)24(23)17-14-12-13-15-18-26(29)30-9-2/h23-25,28H,8-22H2,1-7H3/t23-,24+,25+/m0/s1. The lowest BCUT2D eigenvalue weighted by Gasteiger charge is -2.40. The summed E-state index contributed by atoms with van der Waals surface area (Å²) in [5, 5.41) is 4.03. The molecule has 32 heavy (non-hydrogen) atoms. The van der Waals surface area contributed by atoms with Crippen LogP contribution in [0, 0.1) is 11.8 Å². The first-order chi connectivity index (χ1) is 15.1. The molecule has 0 aromatic heterocycles. The van der Waals surface area contributed by atoms with E-state index in [1.54, 1.807) is 0 Å². The number of unbranched alkanes of at least 4 members (excludes halogenated alkanes) is 6. The number of nitrogens with one attached hydrogen (secondary N) is 1. The number of rotatable bonds is 17. The molecule has 1 aliphatic carbocycles. The van der Waals surface area contributed by atoms with Gasteiger partial charge >= 0.3 is 5.97 Å². The molecule has 1 fully saturated rings. The van der Waals surface area contributed by atoms with E-state index in [-0.39, 0.29) is 11.0 Å². The molecule has 0 heterocycles. The molecule has 1 saturated carbocycles. The van der Waals surface area contributed by atoms with Crippen molar-refractivity contribution < 1.29 is 14.0 Å². The average molecular weight is 470 g/mol. The molecule has 0 unspecified atom stereocenters. The Balaban J connectivity index is 2.52. The zero-order chi connectivity index (χ0) is 24.0. The molecule has 4 nitrogen and oxygen atoms in total. The minimum Gasteiger partial charge on any atom is -0.466 e. The molecule has 0 saturated heterocycles. The van der Waals surface area contributed by atoms with Crippen molar-refractivity contribution in [1.82, 2.24) is 5.32 Å². The lowest BCUT2D eigenvalue weighted by molar-refractivity contribution is -0.143. The van der Waals surface area contributed by atoms with Crippen LogP contribution in [0.15, 0.2) is 0 Å². The van der Waals surface area contributed by atoms with Gasteiger partial charge in [-0.05, 0) is 82.1 Å². The summed E-state index contributed by atoms with van der Waals surface area (Å²) in [5.74, 6) is 1.38. The quantitative estimate of drug-likeness (QED) is 0.136. The van der Waals surface area contributed by atoms with Crippen LogP contribution in [0.3, 0.4) is 0 Å².